The molecule has 4 nitrogen and oxygen atoms in total. The van der Waals surface area contributed by atoms with Crippen LogP contribution in [0.3, 0.4) is 0 Å². The Balaban J connectivity index is 2.47. The van der Waals surface area contributed by atoms with Crippen LogP contribution in [0.25, 0.3) is 0 Å². The Hall–Kier alpha value is -1.55. The second-order valence-corrected chi connectivity index (χ2v) is 4.55. The van der Waals surface area contributed by atoms with E-state index in [1.807, 2.05) is 19.1 Å². The van der Waals surface area contributed by atoms with E-state index in [1.54, 1.807) is 12.1 Å². The number of amides is 2. The molecule has 0 aliphatic rings. The van der Waals surface area contributed by atoms with Crippen LogP contribution in [-0.4, -0.2) is 24.2 Å². The number of halogens is 1. The first-order chi connectivity index (χ1) is 9.15. The Morgan fingerprint density at radius 2 is 1.84 bits per heavy atom. The average Bonchev–Trinajstić information content (AvgIpc) is 2.39. The number of hydrogen-bond donors (Lipinski definition) is 2. The molecule has 19 heavy (non-hydrogen) atoms. The summed E-state index contributed by atoms with van der Waals surface area (Å²) in [4.78, 5) is 22.9. The first kappa shape index (κ1) is 15.5. The number of carbonyl (C=O) groups is 2. The largest absolute Gasteiger partial charge is 0.356 e. The zero-order valence-electron chi connectivity index (χ0n) is 11.0. The number of benzene rings is 1. The second-order valence-electron chi connectivity index (χ2n) is 4.17. The molecule has 104 valence electrons. The van der Waals surface area contributed by atoms with Gasteiger partial charge in [-0.2, -0.15) is 0 Å². The lowest BCUT2D eigenvalue weighted by Crippen LogP contribution is -2.24. The van der Waals surface area contributed by atoms with Gasteiger partial charge in [-0.05, 0) is 31.0 Å². The molecule has 5 heteroatoms. The van der Waals surface area contributed by atoms with Gasteiger partial charge in [-0.1, -0.05) is 12.1 Å². The fourth-order valence-corrected chi connectivity index (χ4v) is 1.74. The van der Waals surface area contributed by atoms with Gasteiger partial charge in [0.25, 0.3) is 0 Å². The molecule has 2 N–H and O–H groups in total. The molecule has 0 saturated heterocycles. The zero-order valence-corrected chi connectivity index (χ0v) is 11.8. The molecule has 0 aliphatic heterocycles. The van der Waals surface area contributed by atoms with Gasteiger partial charge in [0.2, 0.25) is 11.8 Å². The van der Waals surface area contributed by atoms with Crippen molar-refractivity contribution in [2.45, 2.75) is 26.2 Å². The van der Waals surface area contributed by atoms with Crippen molar-refractivity contribution in [1.29, 1.82) is 0 Å². The quantitative estimate of drug-likeness (QED) is 0.754. The maximum atomic E-state index is 11.5. The molecule has 0 fully saturated rings. The number of anilines is 1. The Morgan fingerprint density at radius 1 is 1.16 bits per heavy atom. The first-order valence-corrected chi connectivity index (χ1v) is 6.90. The van der Waals surface area contributed by atoms with Gasteiger partial charge in [0, 0.05) is 24.5 Å². The second kappa shape index (κ2) is 8.53. The summed E-state index contributed by atoms with van der Waals surface area (Å²) < 4.78 is 0. The molecule has 0 bridgehead atoms. The summed E-state index contributed by atoms with van der Waals surface area (Å²) in [6.07, 6.45) is 1.45. The number of rotatable bonds is 7. The monoisotopic (exact) mass is 282 g/mol. The van der Waals surface area contributed by atoms with Crippen LogP contribution >= 0.6 is 11.6 Å². The maximum absolute atomic E-state index is 11.5. The molecule has 1 rings (SSSR count). The van der Waals surface area contributed by atoms with Crippen molar-refractivity contribution in [3.63, 3.8) is 0 Å². The van der Waals surface area contributed by atoms with E-state index in [0.717, 1.165) is 11.3 Å². The van der Waals surface area contributed by atoms with E-state index < -0.39 is 0 Å². The predicted molar refractivity (Wildman–Crippen MR) is 77.4 cm³/mol. The van der Waals surface area contributed by atoms with E-state index in [9.17, 15) is 9.59 Å². The van der Waals surface area contributed by atoms with Crippen LogP contribution in [0, 0.1) is 0 Å². The number of hydrogen-bond acceptors (Lipinski definition) is 2. The summed E-state index contributed by atoms with van der Waals surface area (Å²) in [5.41, 5.74) is 1.66. The molecule has 0 radical (unpaired) electrons. The molecule has 1 aromatic rings. The molecular formula is C14H19ClN2O2. The third-order valence-electron chi connectivity index (χ3n) is 2.51. The maximum Gasteiger partial charge on any atom is 0.224 e. The summed E-state index contributed by atoms with van der Waals surface area (Å²) >= 11 is 5.53. The summed E-state index contributed by atoms with van der Waals surface area (Å²) in [7, 11) is 0. The summed E-state index contributed by atoms with van der Waals surface area (Å²) in [5.74, 6) is 0.442. The van der Waals surface area contributed by atoms with Gasteiger partial charge in [-0.25, -0.2) is 0 Å². The van der Waals surface area contributed by atoms with Crippen LogP contribution < -0.4 is 10.6 Å². The van der Waals surface area contributed by atoms with Crippen LogP contribution in [0.1, 0.15) is 25.3 Å². The van der Waals surface area contributed by atoms with Gasteiger partial charge in [0.05, 0.1) is 6.42 Å². The lowest BCUT2D eigenvalue weighted by atomic mass is 10.1. The Labute approximate surface area is 118 Å². The molecule has 0 saturated carbocycles. The van der Waals surface area contributed by atoms with Gasteiger partial charge >= 0.3 is 0 Å². The van der Waals surface area contributed by atoms with Crippen LogP contribution in [-0.2, 0) is 16.0 Å². The molecule has 1 aromatic carbocycles. The van der Waals surface area contributed by atoms with Gasteiger partial charge in [-0.3, -0.25) is 9.59 Å². The van der Waals surface area contributed by atoms with E-state index >= 15 is 0 Å². The lowest BCUT2D eigenvalue weighted by Gasteiger charge is -2.06. The molecule has 0 unspecified atom stereocenters. The zero-order chi connectivity index (χ0) is 14.1. The average molecular weight is 283 g/mol. The predicted octanol–water partition coefficient (Wildman–Crippen LogP) is 2.32. The molecule has 0 atom stereocenters. The Morgan fingerprint density at radius 3 is 2.42 bits per heavy atom. The molecule has 0 aliphatic carbocycles. The lowest BCUT2D eigenvalue weighted by molar-refractivity contribution is -0.120. The van der Waals surface area contributed by atoms with Crippen LogP contribution in [0.2, 0.25) is 0 Å². The smallest absolute Gasteiger partial charge is 0.224 e. The molecule has 0 heterocycles. The van der Waals surface area contributed by atoms with Crippen LogP contribution in [0.4, 0.5) is 5.69 Å². The van der Waals surface area contributed by atoms with Gasteiger partial charge in [0.1, 0.15) is 0 Å². The van der Waals surface area contributed by atoms with E-state index in [1.165, 1.54) is 0 Å². The van der Waals surface area contributed by atoms with E-state index in [2.05, 4.69) is 10.6 Å². The van der Waals surface area contributed by atoms with E-state index in [4.69, 9.17) is 11.6 Å². The van der Waals surface area contributed by atoms with E-state index in [-0.39, 0.29) is 11.8 Å². The molecular weight excluding hydrogens is 264 g/mol. The highest BCUT2D eigenvalue weighted by Crippen LogP contribution is 2.11. The van der Waals surface area contributed by atoms with Gasteiger partial charge < -0.3 is 10.6 Å². The number of carbonyl (C=O) groups excluding carboxylic acids is 2. The van der Waals surface area contributed by atoms with Crippen molar-refractivity contribution in [1.82, 2.24) is 5.32 Å². The van der Waals surface area contributed by atoms with Crippen molar-refractivity contribution in [3.8, 4) is 0 Å². The molecule has 0 spiro atoms. The third kappa shape index (κ3) is 6.25. The topological polar surface area (TPSA) is 58.2 Å². The van der Waals surface area contributed by atoms with Crippen molar-refractivity contribution in [2.75, 3.05) is 17.7 Å². The highest BCUT2D eigenvalue weighted by molar-refractivity contribution is 6.18. The Kier molecular flexibility index (Phi) is 6.97. The minimum absolute atomic E-state index is 0.00129. The fourth-order valence-electron chi connectivity index (χ4n) is 1.60. The van der Waals surface area contributed by atoms with Crippen LogP contribution in [0.5, 0.6) is 0 Å². The highest BCUT2D eigenvalue weighted by Gasteiger charge is 2.04. The molecule has 0 aromatic heterocycles. The highest BCUT2D eigenvalue weighted by atomic mass is 35.5. The Bertz CT molecular complexity index is 418. The van der Waals surface area contributed by atoms with Gasteiger partial charge in [0.15, 0.2) is 0 Å². The first-order valence-electron chi connectivity index (χ1n) is 6.37. The standard InChI is InChI=1S/C14H19ClN2O2/c1-2-16-14(19)10-11-5-7-12(8-6-11)17-13(18)4-3-9-15/h5-8H,2-4,9-10H2,1H3,(H,16,19)(H,17,18). The number of alkyl halides is 1. The van der Waals surface area contributed by atoms with E-state index in [0.29, 0.717) is 31.7 Å². The van der Waals surface area contributed by atoms with Crippen molar-refractivity contribution in [2.24, 2.45) is 0 Å². The minimum atomic E-state index is -0.0443. The third-order valence-corrected chi connectivity index (χ3v) is 2.78. The number of likely N-dealkylation sites (N-methyl/N-ethyl adjacent to an activating group) is 1. The van der Waals surface area contributed by atoms with Crippen molar-refractivity contribution in [3.05, 3.63) is 29.8 Å². The summed E-state index contributed by atoms with van der Waals surface area (Å²) in [6, 6.07) is 7.28. The summed E-state index contributed by atoms with van der Waals surface area (Å²) in [6.45, 7) is 2.52. The number of nitrogens with one attached hydrogen (secondary N) is 2. The van der Waals surface area contributed by atoms with Crippen LogP contribution in [0.15, 0.2) is 24.3 Å². The van der Waals surface area contributed by atoms with Gasteiger partial charge in [-0.15, -0.1) is 11.6 Å². The normalized spacial score (nSPS) is 10.0. The minimum Gasteiger partial charge on any atom is -0.356 e. The summed E-state index contributed by atoms with van der Waals surface area (Å²) in [5, 5.41) is 5.53. The SMILES string of the molecule is CCNC(=O)Cc1ccc(NC(=O)CCCCl)cc1. The fraction of sp³-hybridized carbons (Fsp3) is 0.429. The molecule has 2 amide bonds. The van der Waals surface area contributed by atoms with Crippen molar-refractivity contribution < 1.29 is 9.59 Å². The van der Waals surface area contributed by atoms with Crippen molar-refractivity contribution >= 4 is 29.1 Å².